The van der Waals surface area contributed by atoms with Gasteiger partial charge in [0.15, 0.2) is 38.2 Å². The van der Waals surface area contributed by atoms with Gasteiger partial charge in [0, 0.05) is 24.2 Å². The Labute approximate surface area is 194 Å². The number of carbonyl (C=O) groups excluding carboxylic acids is 1. The summed E-state index contributed by atoms with van der Waals surface area (Å²) >= 11 is 0. The molecule has 0 radical (unpaired) electrons. The van der Waals surface area contributed by atoms with Gasteiger partial charge < -0.3 is 4.74 Å². The number of ether oxygens (including phenoxy) is 1. The molecule has 0 bridgehead atoms. The fourth-order valence-corrected chi connectivity index (χ4v) is 4.48. The molecule has 0 N–H and O–H groups in total. The second-order valence-electron chi connectivity index (χ2n) is 8.07. The van der Waals surface area contributed by atoms with Crippen LogP contribution in [0.15, 0.2) is 53.9 Å². The minimum atomic E-state index is -3.41. The number of hydrogen-bond acceptors (Lipinski definition) is 7. The van der Waals surface area contributed by atoms with Crippen molar-refractivity contribution in [1.29, 1.82) is 0 Å². The number of halogens is 1. The van der Waals surface area contributed by atoms with Crippen molar-refractivity contribution in [2.45, 2.75) is 31.5 Å². The number of nitrogens with zero attached hydrogens (tertiary/aromatic N) is 5. The molecule has 0 unspecified atom stereocenters. The van der Waals surface area contributed by atoms with E-state index in [0.717, 1.165) is 11.9 Å². The number of pyridine rings is 1. The van der Waals surface area contributed by atoms with Crippen LogP contribution in [-0.2, 0) is 21.2 Å². The first kappa shape index (κ1) is 22.0. The molecule has 1 aromatic carbocycles. The molecule has 1 aliphatic heterocycles. The summed E-state index contributed by atoms with van der Waals surface area (Å²) in [6.07, 6.45) is 5.05. The lowest BCUT2D eigenvalue weighted by Crippen LogP contribution is -2.44. The number of hydrogen-bond donors (Lipinski definition) is 0. The van der Waals surface area contributed by atoms with Gasteiger partial charge in [0.05, 0.1) is 35.5 Å². The quantitative estimate of drug-likeness (QED) is 0.441. The number of benzene rings is 1. The van der Waals surface area contributed by atoms with Crippen molar-refractivity contribution in [2.75, 3.05) is 11.2 Å². The minimum Gasteiger partial charge on any atom is -0.476 e. The van der Waals surface area contributed by atoms with Crippen LogP contribution in [0.3, 0.4) is 0 Å². The fraction of sp³-hybridized carbons (Fsp3) is 0.217. The molecule has 4 heterocycles. The summed E-state index contributed by atoms with van der Waals surface area (Å²) in [5.74, 6) is -0.781. The lowest BCUT2D eigenvalue weighted by molar-refractivity contribution is -0.125. The van der Waals surface area contributed by atoms with Gasteiger partial charge in [0.2, 0.25) is 0 Å². The van der Waals surface area contributed by atoms with E-state index in [-0.39, 0.29) is 23.2 Å². The maximum atomic E-state index is 14.4. The van der Waals surface area contributed by atoms with E-state index in [4.69, 9.17) is 4.74 Å². The van der Waals surface area contributed by atoms with Gasteiger partial charge in [0.1, 0.15) is 0 Å². The summed E-state index contributed by atoms with van der Waals surface area (Å²) in [4.78, 5) is 27.4. The van der Waals surface area contributed by atoms with E-state index >= 15 is 0 Å². The topological polar surface area (TPSA) is 107 Å². The molecule has 1 atom stereocenters. The van der Waals surface area contributed by atoms with Gasteiger partial charge in [-0.25, -0.2) is 22.8 Å². The van der Waals surface area contributed by atoms with E-state index in [9.17, 15) is 17.6 Å². The number of carbonyl (C=O) groups is 1. The van der Waals surface area contributed by atoms with Gasteiger partial charge in [-0.2, -0.15) is 0 Å². The number of amides is 1. The average Bonchev–Trinajstić information content (AvgIpc) is 3.11. The Hall–Kier alpha value is -3.86. The van der Waals surface area contributed by atoms with Crippen LogP contribution in [0, 0.1) is 12.7 Å². The zero-order valence-electron chi connectivity index (χ0n) is 18.6. The van der Waals surface area contributed by atoms with E-state index in [1.165, 1.54) is 29.3 Å². The number of rotatable bonds is 4. The highest BCUT2D eigenvalue weighted by molar-refractivity contribution is 7.90. The normalized spacial score (nSPS) is 15.9. The third kappa shape index (κ3) is 3.67. The van der Waals surface area contributed by atoms with Crippen LogP contribution in [0.5, 0.6) is 5.75 Å². The van der Waals surface area contributed by atoms with E-state index in [2.05, 4.69) is 15.0 Å². The Morgan fingerprint density at radius 2 is 1.94 bits per heavy atom. The lowest BCUT2D eigenvalue weighted by atomic mass is 10.1. The SMILES string of the molecule is Cc1nc2cnc(-c3ccc(S(C)(=O)=O)nc3)cn2c1CN1C(=O)[C@@H](C)Oc2c(F)cccc21. The van der Waals surface area contributed by atoms with Crippen LogP contribution < -0.4 is 9.64 Å². The van der Waals surface area contributed by atoms with Crippen molar-refractivity contribution >= 4 is 27.1 Å². The van der Waals surface area contributed by atoms with E-state index in [0.29, 0.717) is 28.3 Å². The van der Waals surface area contributed by atoms with Crippen LogP contribution in [0.1, 0.15) is 18.3 Å². The molecule has 3 aromatic heterocycles. The monoisotopic (exact) mass is 481 g/mol. The number of anilines is 1. The highest BCUT2D eigenvalue weighted by Crippen LogP contribution is 2.37. The molecule has 0 aliphatic carbocycles. The number of imidazole rings is 1. The Bertz CT molecular complexity index is 1550. The Kier molecular flexibility index (Phi) is 5.08. The third-order valence-corrected chi connectivity index (χ3v) is 6.67. The van der Waals surface area contributed by atoms with Crippen LogP contribution >= 0.6 is 0 Å². The molecule has 0 fully saturated rings. The standard InChI is InChI=1S/C23H20FN5O4S/c1-13-19(12-29-18-6-4-5-16(24)22(18)33-14(2)23(29)30)28-11-17(25-10-20(28)27-13)15-7-8-21(26-9-15)34(3,31)32/h4-11,14H,12H2,1-3H3/t14-/m1/s1. The van der Waals surface area contributed by atoms with Gasteiger partial charge in [0.25, 0.3) is 5.91 Å². The molecule has 174 valence electrons. The second-order valence-corrected chi connectivity index (χ2v) is 10.0. The van der Waals surface area contributed by atoms with Gasteiger partial charge in [-0.1, -0.05) is 6.07 Å². The predicted octanol–water partition coefficient (Wildman–Crippen LogP) is 2.96. The smallest absolute Gasteiger partial charge is 0.268 e. The molecule has 4 aromatic rings. The van der Waals surface area contributed by atoms with Gasteiger partial charge >= 0.3 is 0 Å². The molecule has 1 amide bonds. The molecule has 1 aliphatic rings. The predicted molar refractivity (Wildman–Crippen MR) is 122 cm³/mol. The zero-order valence-corrected chi connectivity index (χ0v) is 19.4. The molecule has 0 spiro atoms. The van der Waals surface area contributed by atoms with Crippen molar-refractivity contribution in [1.82, 2.24) is 19.4 Å². The van der Waals surface area contributed by atoms with Crippen LogP contribution in [0.4, 0.5) is 10.1 Å². The van der Waals surface area contributed by atoms with E-state index in [1.54, 1.807) is 31.5 Å². The Balaban J connectivity index is 1.57. The summed E-state index contributed by atoms with van der Waals surface area (Å²) in [5, 5.41) is -0.0256. The van der Waals surface area contributed by atoms with Crippen molar-refractivity contribution in [3.05, 3.63) is 66.1 Å². The fourth-order valence-electron chi connectivity index (χ4n) is 3.92. The second kappa shape index (κ2) is 7.87. The maximum absolute atomic E-state index is 14.4. The highest BCUT2D eigenvalue weighted by atomic mass is 32.2. The first-order chi connectivity index (χ1) is 16.1. The third-order valence-electron chi connectivity index (χ3n) is 5.67. The van der Waals surface area contributed by atoms with Crippen LogP contribution in [-0.4, -0.2) is 46.0 Å². The lowest BCUT2D eigenvalue weighted by Gasteiger charge is -2.33. The van der Waals surface area contributed by atoms with Crippen LogP contribution in [0.2, 0.25) is 0 Å². The summed E-state index contributed by atoms with van der Waals surface area (Å²) in [6.45, 7) is 3.55. The molecular formula is C23H20FN5O4S. The van der Waals surface area contributed by atoms with E-state index in [1.807, 2.05) is 11.3 Å². The average molecular weight is 482 g/mol. The largest absolute Gasteiger partial charge is 0.476 e. The summed E-state index contributed by atoms with van der Waals surface area (Å²) in [6, 6.07) is 7.52. The number of aryl methyl sites for hydroxylation is 1. The molecule has 11 heteroatoms. The van der Waals surface area contributed by atoms with Crippen molar-refractivity contribution in [3.8, 4) is 17.0 Å². The molecule has 0 saturated carbocycles. The summed E-state index contributed by atoms with van der Waals surface area (Å²) < 4.78 is 45.1. The minimum absolute atomic E-state index is 0.0256. The van der Waals surface area contributed by atoms with Gasteiger partial charge in [-0.05, 0) is 38.1 Å². The van der Waals surface area contributed by atoms with Crippen molar-refractivity contribution < 1.29 is 22.3 Å². The number of para-hydroxylation sites is 1. The zero-order chi connectivity index (χ0) is 24.2. The highest BCUT2D eigenvalue weighted by Gasteiger charge is 2.34. The number of fused-ring (bicyclic) bond motifs is 2. The maximum Gasteiger partial charge on any atom is 0.268 e. The van der Waals surface area contributed by atoms with Crippen molar-refractivity contribution in [3.63, 3.8) is 0 Å². The van der Waals surface area contributed by atoms with Crippen LogP contribution in [0.25, 0.3) is 16.9 Å². The summed E-state index contributed by atoms with van der Waals surface area (Å²) in [7, 11) is -3.41. The molecule has 0 saturated heterocycles. The molecule has 9 nitrogen and oxygen atoms in total. The van der Waals surface area contributed by atoms with Gasteiger partial charge in [-0.3, -0.25) is 19.1 Å². The number of sulfone groups is 1. The Morgan fingerprint density at radius 3 is 2.65 bits per heavy atom. The Morgan fingerprint density at radius 1 is 1.15 bits per heavy atom. The first-order valence-electron chi connectivity index (χ1n) is 10.4. The summed E-state index contributed by atoms with van der Waals surface area (Å²) in [5.41, 5.74) is 3.51. The van der Waals surface area contributed by atoms with Gasteiger partial charge in [-0.15, -0.1) is 0 Å². The first-order valence-corrected chi connectivity index (χ1v) is 12.3. The molecule has 34 heavy (non-hydrogen) atoms. The number of aromatic nitrogens is 4. The van der Waals surface area contributed by atoms with Crippen molar-refractivity contribution in [2.24, 2.45) is 0 Å². The molecular weight excluding hydrogens is 461 g/mol. The molecule has 5 rings (SSSR count). The van der Waals surface area contributed by atoms with E-state index < -0.39 is 21.8 Å².